The number of benzene rings is 1. The van der Waals surface area contributed by atoms with Crippen molar-refractivity contribution in [1.82, 2.24) is 0 Å². The summed E-state index contributed by atoms with van der Waals surface area (Å²) in [6.45, 7) is 2.09. The lowest BCUT2D eigenvalue weighted by molar-refractivity contribution is -0.117. The number of fused-ring (bicyclic) bond motifs is 1. The van der Waals surface area contributed by atoms with Gasteiger partial charge in [-0.15, -0.1) is 0 Å². The van der Waals surface area contributed by atoms with Gasteiger partial charge in [0.2, 0.25) is 11.8 Å². The standard InChI is InChI=1S/C13H16N2O2/c1-2-3-4-9-10-7-8(12(14)16)5-6-11(10)15-13(9)17/h5-7,9H,2-4H2,1H3,(H2,14,16)(H,15,17). The average Bonchev–Trinajstić information content (AvgIpc) is 2.61. The third-order valence-electron chi connectivity index (χ3n) is 3.13. The number of amides is 2. The summed E-state index contributed by atoms with van der Waals surface area (Å²) in [5.74, 6) is -0.569. The molecule has 1 aromatic carbocycles. The number of anilines is 1. The van der Waals surface area contributed by atoms with Gasteiger partial charge >= 0.3 is 0 Å². The summed E-state index contributed by atoms with van der Waals surface area (Å²) >= 11 is 0. The van der Waals surface area contributed by atoms with Gasteiger partial charge in [-0.05, 0) is 30.2 Å². The molecular weight excluding hydrogens is 216 g/mol. The van der Waals surface area contributed by atoms with Crippen molar-refractivity contribution in [3.8, 4) is 0 Å². The van der Waals surface area contributed by atoms with E-state index in [1.165, 1.54) is 0 Å². The van der Waals surface area contributed by atoms with Crippen LogP contribution in [0.1, 0.15) is 48.0 Å². The van der Waals surface area contributed by atoms with Gasteiger partial charge in [0.15, 0.2) is 0 Å². The van der Waals surface area contributed by atoms with E-state index in [-0.39, 0.29) is 11.8 Å². The van der Waals surface area contributed by atoms with E-state index in [0.29, 0.717) is 5.56 Å². The molecule has 0 saturated carbocycles. The van der Waals surface area contributed by atoms with Gasteiger partial charge in [0, 0.05) is 11.3 Å². The van der Waals surface area contributed by atoms with Gasteiger partial charge in [-0.25, -0.2) is 0 Å². The Balaban J connectivity index is 2.32. The Morgan fingerprint density at radius 1 is 1.47 bits per heavy atom. The summed E-state index contributed by atoms with van der Waals surface area (Å²) in [6, 6.07) is 5.12. The van der Waals surface area contributed by atoms with Crippen LogP contribution >= 0.6 is 0 Å². The third kappa shape index (κ3) is 2.16. The lowest BCUT2D eigenvalue weighted by Gasteiger charge is -2.08. The predicted octanol–water partition coefficient (Wildman–Crippen LogP) is 2.01. The predicted molar refractivity (Wildman–Crippen MR) is 65.9 cm³/mol. The van der Waals surface area contributed by atoms with Gasteiger partial charge in [0.1, 0.15) is 0 Å². The van der Waals surface area contributed by atoms with Crippen LogP contribution in [-0.4, -0.2) is 11.8 Å². The quantitative estimate of drug-likeness (QED) is 0.833. The molecular formula is C13H16N2O2. The number of hydrogen-bond donors (Lipinski definition) is 2. The van der Waals surface area contributed by atoms with Crippen LogP contribution in [0.25, 0.3) is 0 Å². The topological polar surface area (TPSA) is 72.2 Å². The molecule has 3 N–H and O–H groups in total. The molecule has 17 heavy (non-hydrogen) atoms. The minimum absolute atomic E-state index is 0.0232. The van der Waals surface area contributed by atoms with Crippen LogP contribution in [0.4, 0.5) is 5.69 Å². The van der Waals surface area contributed by atoms with Crippen LogP contribution in [0.15, 0.2) is 18.2 Å². The molecule has 0 aliphatic carbocycles. The molecule has 1 aliphatic rings. The number of carbonyl (C=O) groups is 2. The van der Waals surface area contributed by atoms with Gasteiger partial charge < -0.3 is 11.1 Å². The van der Waals surface area contributed by atoms with Crippen molar-refractivity contribution >= 4 is 17.5 Å². The Bertz CT molecular complexity index is 468. The van der Waals surface area contributed by atoms with Crippen LogP contribution in [0.2, 0.25) is 0 Å². The fourth-order valence-electron chi connectivity index (χ4n) is 2.17. The van der Waals surface area contributed by atoms with Crippen molar-refractivity contribution in [1.29, 1.82) is 0 Å². The maximum atomic E-state index is 11.8. The van der Waals surface area contributed by atoms with Crippen molar-refractivity contribution in [2.45, 2.75) is 32.1 Å². The molecule has 4 heteroatoms. The van der Waals surface area contributed by atoms with Crippen LogP contribution in [0.3, 0.4) is 0 Å². The Hall–Kier alpha value is -1.84. The van der Waals surface area contributed by atoms with E-state index in [9.17, 15) is 9.59 Å². The van der Waals surface area contributed by atoms with Crippen molar-refractivity contribution < 1.29 is 9.59 Å². The first kappa shape index (κ1) is 11.6. The molecule has 0 bridgehead atoms. The third-order valence-corrected chi connectivity index (χ3v) is 3.13. The van der Waals surface area contributed by atoms with E-state index in [2.05, 4.69) is 12.2 Å². The molecule has 0 radical (unpaired) electrons. The molecule has 0 fully saturated rings. The molecule has 1 heterocycles. The highest BCUT2D eigenvalue weighted by Crippen LogP contribution is 2.36. The zero-order valence-corrected chi connectivity index (χ0v) is 9.82. The van der Waals surface area contributed by atoms with Gasteiger partial charge in [0.05, 0.1) is 5.92 Å². The molecule has 2 amide bonds. The average molecular weight is 232 g/mol. The summed E-state index contributed by atoms with van der Waals surface area (Å²) in [5, 5.41) is 2.83. The lowest BCUT2D eigenvalue weighted by atomic mass is 9.93. The second-order valence-corrected chi connectivity index (χ2v) is 4.35. The van der Waals surface area contributed by atoms with Crippen LogP contribution in [0.5, 0.6) is 0 Å². The molecule has 1 atom stereocenters. The molecule has 0 aromatic heterocycles. The molecule has 90 valence electrons. The van der Waals surface area contributed by atoms with E-state index >= 15 is 0 Å². The minimum atomic E-state index is -0.457. The number of rotatable bonds is 4. The monoisotopic (exact) mass is 232 g/mol. The van der Waals surface area contributed by atoms with Crippen LogP contribution < -0.4 is 11.1 Å². The van der Waals surface area contributed by atoms with E-state index in [0.717, 1.165) is 30.5 Å². The normalized spacial score (nSPS) is 17.7. The van der Waals surface area contributed by atoms with E-state index in [1.54, 1.807) is 18.2 Å². The lowest BCUT2D eigenvalue weighted by Crippen LogP contribution is -2.12. The number of unbranched alkanes of at least 4 members (excludes halogenated alkanes) is 1. The van der Waals surface area contributed by atoms with Crippen molar-refractivity contribution in [2.24, 2.45) is 5.73 Å². The van der Waals surface area contributed by atoms with E-state index < -0.39 is 5.91 Å². The zero-order chi connectivity index (χ0) is 12.4. The summed E-state index contributed by atoms with van der Waals surface area (Å²) in [4.78, 5) is 22.9. The molecule has 0 spiro atoms. The first-order valence-electron chi connectivity index (χ1n) is 5.88. The number of nitrogens with two attached hydrogens (primary N) is 1. The first-order chi connectivity index (χ1) is 8.13. The van der Waals surface area contributed by atoms with E-state index in [4.69, 9.17) is 5.73 Å². The molecule has 2 rings (SSSR count). The van der Waals surface area contributed by atoms with Gasteiger partial charge in [0.25, 0.3) is 0 Å². The number of nitrogens with one attached hydrogen (secondary N) is 1. The summed E-state index contributed by atoms with van der Waals surface area (Å²) in [7, 11) is 0. The first-order valence-corrected chi connectivity index (χ1v) is 5.88. The molecule has 1 unspecified atom stereocenters. The Kier molecular flexibility index (Phi) is 3.13. The number of primary amides is 1. The largest absolute Gasteiger partial charge is 0.366 e. The van der Waals surface area contributed by atoms with Gasteiger partial charge in [-0.2, -0.15) is 0 Å². The SMILES string of the molecule is CCCCC1C(=O)Nc2ccc(C(N)=O)cc21. The van der Waals surface area contributed by atoms with Gasteiger partial charge in [-0.3, -0.25) is 9.59 Å². The fourth-order valence-corrected chi connectivity index (χ4v) is 2.17. The van der Waals surface area contributed by atoms with Crippen molar-refractivity contribution in [3.05, 3.63) is 29.3 Å². The second-order valence-electron chi connectivity index (χ2n) is 4.35. The van der Waals surface area contributed by atoms with Crippen molar-refractivity contribution in [2.75, 3.05) is 5.32 Å². The molecule has 1 aliphatic heterocycles. The summed E-state index contributed by atoms with van der Waals surface area (Å²) in [5.41, 5.74) is 7.41. The minimum Gasteiger partial charge on any atom is -0.366 e. The number of carbonyl (C=O) groups excluding carboxylic acids is 2. The maximum absolute atomic E-state index is 11.8. The number of hydrogen-bond acceptors (Lipinski definition) is 2. The summed E-state index contributed by atoms with van der Waals surface area (Å²) < 4.78 is 0. The molecule has 4 nitrogen and oxygen atoms in total. The highest BCUT2D eigenvalue weighted by Gasteiger charge is 2.30. The van der Waals surface area contributed by atoms with Crippen molar-refractivity contribution in [3.63, 3.8) is 0 Å². The maximum Gasteiger partial charge on any atom is 0.248 e. The summed E-state index contributed by atoms with van der Waals surface area (Å²) in [6.07, 6.45) is 2.87. The highest BCUT2D eigenvalue weighted by atomic mass is 16.2. The zero-order valence-electron chi connectivity index (χ0n) is 9.82. The highest BCUT2D eigenvalue weighted by molar-refractivity contribution is 6.04. The van der Waals surface area contributed by atoms with E-state index in [1.807, 2.05) is 0 Å². The molecule has 1 aromatic rings. The van der Waals surface area contributed by atoms with Crippen LogP contribution in [0, 0.1) is 0 Å². The fraction of sp³-hybridized carbons (Fsp3) is 0.385. The Morgan fingerprint density at radius 2 is 2.24 bits per heavy atom. The smallest absolute Gasteiger partial charge is 0.248 e. The van der Waals surface area contributed by atoms with Crippen LogP contribution in [-0.2, 0) is 4.79 Å². The Morgan fingerprint density at radius 3 is 2.88 bits per heavy atom. The Labute approximate surface area is 100 Å². The second kappa shape index (κ2) is 4.57. The molecule has 0 saturated heterocycles. The van der Waals surface area contributed by atoms with Gasteiger partial charge in [-0.1, -0.05) is 19.8 Å².